The van der Waals surface area contributed by atoms with E-state index in [9.17, 15) is 24.3 Å². The Kier molecular flexibility index (Phi) is 14.9. The van der Waals surface area contributed by atoms with Crippen molar-refractivity contribution in [2.24, 2.45) is 5.92 Å². The van der Waals surface area contributed by atoms with Crippen molar-refractivity contribution in [1.29, 1.82) is 0 Å². The minimum absolute atomic E-state index is 0.0879. The van der Waals surface area contributed by atoms with Gasteiger partial charge in [-0.1, -0.05) is 49.2 Å². The Balaban J connectivity index is 0.000000396. The van der Waals surface area contributed by atoms with Gasteiger partial charge in [0.25, 0.3) is 0 Å². The lowest BCUT2D eigenvalue weighted by Crippen LogP contribution is -2.57. The van der Waals surface area contributed by atoms with Crippen LogP contribution >= 0.6 is 23.4 Å². The molecule has 3 aliphatic rings. The standard InChI is InChI=1S/C27H35ClN2O6.C10H19NO3S/c1-16-8-6-7-10-27(33)15-21(35-25(32)29-27)17(2)24-26(3,36-24)11-9-22(31)30(4)19-13-18(12-16)14-20(34-5)23(19)28;1-7(15-4)5-6-9(12)11(3)8(2)10(13)14/h6-8,13-14,17,21,24,33H,9-12,15H2,1-5H3,(H,29,32);7-8H,5-6H2,1-4H3,(H,13,14)/b7-6+,16-8+;/t17-,21+,24+,26+,27-;7?,8-/m11/s1. The number of benzene rings is 1. The molecule has 2 fully saturated rings. The van der Waals surface area contributed by atoms with Gasteiger partial charge in [0, 0.05) is 50.9 Å². The number of allylic oxidation sites excluding steroid dienone is 3. The van der Waals surface area contributed by atoms with Crippen LogP contribution in [0.25, 0.3) is 0 Å². The van der Waals surface area contributed by atoms with Crippen molar-refractivity contribution in [3.05, 3.63) is 46.5 Å². The fourth-order valence-electron chi connectivity index (χ4n) is 6.19. The first kappa shape index (κ1) is 42.2. The van der Waals surface area contributed by atoms with E-state index in [-0.39, 0.29) is 43.1 Å². The van der Waals surface area contributed by atoms with E-state index in [1.165, 1.54) is 18.9 Å². The number of epoxide rings is 1. The van der Waals surface area contributed by atoms with E-state index in [2.05, 4.69) is 12.2 Å². The summed E-state index contributed by atoms with van der Waals surface area (Å²) in [5.41, 5.74) is 0.692. The molecule has 2 saturated heterocycles. The highest BCUT2D eigenvalue weighted by Crippen LogP contribution is 2.47. The molecule has 1 unspecified atom stereocenters. The summed E-state index contributed by atoms with van der Waals surface area (Å²) in [6, 6.07) is 3.04. The second-order valence-corrected chi connectivity index (χ2v) is 15.7. The fourth-order valence-corrected chi connectivity index (χ4v) is 6.86. The molecule has 7 atom stereocenters. The summed E-state index contributed by atoms with van der Waals surface area (Å²) in [6.07, 6.45) is 9.40. The molecule has 4 rings (SSSR count). The van der Waals surface area contributed by atoms with E-state index in [0.29, 0.717) is 41.0 Å². The maximum absolute atomic E-state index is 13.2. The predicted molar refractivity (Wildman–Crippen MR) is 199 cm³/mol. The van der Waals surface area contributed by atoms with Crippen molar-refractivity contribution in [2.45, 2.75) is 114 Å². The highest BCUT2D eigenvalue weighted by Gasteiger charge is 2.58. The largest absolute Gasteiger partial charge is 0.495 e. The number of aliphatic carboxylic acids is 1. The van der Waals surface area contributed by atoms with Gasteiger partial charge in [-0.15, -0.1) is 0 Å². The van der Waals surface area contributed by atoms with Gasteiger partial charge < -0.3 is 34.2 Å². The number of hydrogen-bond donors (Lipinski definition) is 3. The van der Waals surface area contributed by atoms with Crippen LogP contribution in [0.15, 0.2) is 35.9 Å². The van der Waals surface area contributed by atoms with Crippen LogP contribution in [0.4, 0.5) is 10.5 Å². The molecule has 51 heavy (non-hydrogen) atoms. The molecule has 3 heterocycles. The Hall–Kier alpha value is -3.26. The number of carboxylic acid groups (broad SMARTS) is 1. The smallest absolute Gasteiger partial charge is 0.409 e. The summed E-state index contributed by atoms with van der Waals surface area (Å²) in [5.74, 6) is -0.803. The lowest BCUT2D eigenvalue weighted by Gasteiger charge is -2.38. The summed E-state index contributed by atoms with van der Waals surface area (Å²) in [6.45, 7) is 9.48. The van der Waals surface area contributed by atoms with Crippen LogP contribution in [-0.2, 0) is 30.3 Å². The van der Waals surface area contributed by atoms with Crippen LogP contribution < -0.4 is 15.0 Å². The van der Waals surface area contributed by atoms with Gasteiger partial charge in [0.05, 0.1) is 24.5 Å². The first-order valence-corrected chi connectivity index (χ1v) is 18.9. The second-order valence-electron chi connectivity index (χ2n) is 14.0. The van der Waals surface area contributed by atoms with Crippen molar-refractivity contribution >= 4 is 52.9 Å². The van der Waals surface area contributed by atoms with Gasteiger partial charge in [-0.05, 0) is 64.0 Å². The number of thioether (sulfide) groups is 1. The molecule has 1 aromatic rings. The zero-order chi connectivity index (χ0) is 38.3. The molecule has 0 saturated carbocycles. The van der Waals surface area contributed by atoms with Crippen LogP contribution in [0, 0.1) is 5.92 Å². The van der Waals surface area contributed by atoms with Gasteiger partial charge in [0.1, 0.15) is 28.6 Å². The number of nitrogens with one attached hydrogen (secondary N) is 1. The van der Waals surface area contributed by atoms with Gasteiger partial charge in [0.2, 0.25) is 11.8 Å². The molecule has 4 bridgehead atoms. The molecule has 1 aromatic carbocycles. The van der Waals surface area contributed by atoms with Crippen LogP contribution in [0.1, 0.15) is 78.7 Å². The van der Waals surface area contributed by atoms with E-state index >= 15 is 0 Å². The number of rotatable bonds is 7. The van der Waals surface area contributed by atoms with Gasteiger partial charge >= 0.3 is 12.1 Å². The molecule has 3 amide bonds. The van der Waals surface area contributed by atoms with E-state index in [0.717, 1.165) is 17.6 Å². The Labute approximate surface area is 310 Å². The molecule has 0 radical (unpaired) electrons. The van der Waals surface area contributed by atoms with Gasteiger partial charge in [-0.3, -0.25) is 14.9 Å². The number of carbonyl (C=O) groups excluding carboxylic acids is 3. The minimum atomic E-state index is -1.40. The third-order valence-electron chi connectivity index (χ3n) is 9.96. The van der Waals surface area contributed by atoms with Crippen molar-refractivity contribution in [2.75, 3.05) is 32.4 Å². The number of halogens is 1. The third kappa shape index (κ3) is 11.4. The molecular weight excluding hydrogens is 698 g/mol. The van der Waals surface area contributed by atoms with Crippen molar-refractivity contribution < 1.29 is 43.6 Å². The Morgan fingerprint density at radius 1 is 1.27 bits per heavy atom. The van der Waals surface area contributed by atoms with E-state index in [1.807, 2.05) is 57.4 Å². The number of likely N-dealkylation sites (N-methyl/N-ethyl adjacent to an activating group) is 1. The number of aliphatic hydroxyl groups is 1. The first-order chi connectivity index (χ1) is 23.8. The molecule has 3 aliphatic heterocycles. The van der Waals surface area contributed by atoms with Crippen LogP contribution in [-0.4, -0.2) is 101 Å². The van der Waals surface area contributed by atoms with Crippen molar-refractivity contribution in [1.82, 2.24) is 10.2 Å². The van der Waals surface area contributed by atoms with Crippen molar-refractivity contribution in [3.8, 4) is 5.75 Å². The number of carbonyl (C=O) groups is 4. The summed E-state index contributed by atoms with van der Waals surface area (Å²) >= 11 is 8.29. The molecule has 12 nitrogen and oxygen atoms in total. The average molecular weight is 752 g/mol. The number of carboxylic acids is 1. The summed E-state index contributed by atoms with van der Waals surface area (Å²) < 4.78 is 17.0. The monoisotopic (exact) mass is 751 g/mol. The lowest BCUT2D eigenvalue weighted by molar-refractivity contribution is -0.148. The molecule has 14 heteroatoms. The quantitative estimate of drug-likeness (QED) is 0.284. The number of hydrogen-bond acceptors (Lipinski definition) is 9. The zero-order valence-electron chi connectivity index (χ0n) is 31.2. The van der Waals surface area contributed by atoms with E-state index < -0.39 is 35.5 Å². The maximum Gasteiger partial charge on any atom is 0.409 e. The fraction of sp³-hybridized carbons (Fsp3) is 0.622. The molecule has 3 N–H and O–H groups in total. The number of nitrogens with zero attached hydrogens (tertiary/aromatic N) is 2. The number of amides is 3. The lowest BCUT2D eigenvalue weighted by atomic mass is 9.85. The number of alkyl carbamates (subject to hydrolysis) is 1. The van der Waals surface area contributed by atoms with Crippen LogP contribution in [0.5, 0.6) is 5.75 Å². The molecular formula is C37H54ClN3O9S. The van der Waals surface area contributed by atoms with E-state index in [4.69, 9.17) is 30.9 Å². The topological polar surface area (TPSA) is 158 Å². The molecule has 0 aromatic heterocycles. The minimum Gasteiger partial charge on any atom is -0.495 e. The summed E-state index contributed by atoms with van der Waals surface area (Å²) in [5, 5.41) is 23.2. The second kappa shape index (κ2) is 18.0. The van der Waals surface area contributed by atoms with E-state index in [1.54, 1.807) is 30.8 Å². The van der Waals surface area contributed by atoms with Gasteiger partial charge in [0.15, 0.2) is 0 Å². The Bertz CT molecular complexity index is 1510. The summed E-state index contributed by atoms with van der Waals surface area (Å²) in [4.78, 5) is 50.5. The molecule has 284 valence electrons. The Morgan fingerprint density at radius 2 is 1.96 bits per heavy atom. The SMILES string of the molecule is COc1cc2cc(c1Cl)N(C)C(=O)CC[C@]1(C)O[C@H]1[C@H](C)[C@@H]1C[C@](O)(C/C=C/C=C(\C)C2)NC(=O)O1.CSC(C)CCC(=O)N(C)[C@H](C)C(=O)O. The van der Waals surface area contributed by atoms with Gasteiger partial charge in [-0.25, -0.2) is 9.59 Å². The van der Waals surface area contributed by atoms with Crippen molar-refractivity contribution in [3.63, 3.8) is 0 Å². The average Bonchev–Trinajstić information content (AvgIpc) is 3.77. The summed E-state index contributed by atoms with van der Waals surface area (Å²) in [7, 11) is 4.80. The first-order valence-electron chi connectivity index (χ1n) is 17.2. The predicted octanol–water partition coefficient (Wildman–Crippen LogP) is 5.97. The number of ether oxygens (including phenoxy) is 3. The Morgan fingerprint density at radius 3 is 2.59 bits per heavy atom. The number of anilines is 1. The highest BCUT2D eigenvalue weighted by molar-refractivity contribution is 7.99. The molecule has 0 aliphatic carbocycles. The maximum atomic E-state index is 13.2. The highest BCUT2D eigenvalue weighted by atomic mass is 35.5. The van der Waals surface area contributed by atoms with Gasteiger partial charge in [-0.2, -0.15) is 11.8 Å². The molecule has 0 spiro atoms. The van der Waals surface area contributed by atoms with Crippen LogP contribution in [0.3, 0.4) is 0 Å². The zero-order valence-corrected chi connectivity index (χ0v) is 32.7. The number of fused-ring (bicyclic) bond motifs is 5. The van der Waals surface area contributed by atoms with Crippen LogP contribution in [0.2, 0.25) is 5.02 Å². The third-order valence-corrected chi connectivity index (χ3v) is 11.4. The number of methoxy groups -OCH3 is 1. The normalized spacial score (nSPS) is 29.4.